The maximum Gasteiger partial charge on any atom is 0.466 e. The van der Waals surface area contributed by atoms with Gasteiger partial charge in [-0.1, -0.05) is 29.9 Å². The van der Waals surface area contributed by atoms with Gasteiger partial charge in [-0.2, -0.15) is 0 Å². The van der Waals surface area contributed by atoms with Crippen LogP contribution in [-0.4, -0.2) is 13.7 Å². The summed E-state index contributed by atoms with van der Waals surface area (Å²) >= 11 is 0. The normalized spacial score (nSPS) is 13.8. The van der Waals surface area contributed by atoms with Crippen LogP contribution in [0.25, 0.3) is 10.4 Å². The SMILES string of the molecule is CC(CN=[N+]=[N-])B(OPP)OPP. The van der Waals surface area contributed by atoms with Crippen molar-refractivity contribution in [2.45, 2.75) is 12.7 Å². The van der Waals surface area contributed by atoms with E-state index >= 15 is 0 Å². The summed E-state index contributed by atoms with van der Waals surface area (Å²) in [5.41, 5.74) is 8.13. The molecule has 0 spiro atoms. The molecule has 5 unspecified atom stereocenters. The Morgan fingerprint density at radius 2 is 2.08 bits per heavy atom. The molecule has 0 heterocycles. The van der Waals surface area contributed by atoms with Crippen molar-refractivity contribution in [1.29, 1.82) is 0 Å². The quantitative estimate of drug-likeness (QED) is 0.231. The van der Waals surface area contributed by atoms with Crippen LogP contribution >= 0.6 is 34.8 Å². The van der Waals surface area contributed by atoms with Crippen LogP contribution in [0.2, 0.25) is 5.82 Å². The van der Waals surface area contributed by atoms with Gasteiger partial charge in [-0.15, -0.1) is 0 Å². The lowest BCUT2D eigenvalue weighted by Crippen LogP contribution is -2.22. The van der Waals surface area contributed by atoms with Gasteiger partial charge in [-0.25, -0.2) is 0 Å². The van der Waals surface area contributed by atoms with Crippen molar-refractivity contribution in [3.63, 3.8) is 0 Å². The van der Waals surface area contributed by atoms with Gasteiger partial charge in [0.05, 0.1) is 0 Å². The zero-order valence-electron chi connectivity index (χ0n) is 7.17. The molecule has 0 fully saturated rings. The lowest BCUT2D eigenvalue weighted by Gasteiger charge is -2.16. The molecule has 0 aliphatic heterocycles. The molecule has 74 valence electrons. The van der Waals surface area contributed by atoms with Gasteiger partial charge in [-0.05, 0) is 11.3 Å². The Labute approximate surface area is 86.2 Å². The van der Waals surface area contributed by atoms with Gasteiger partial charge in [0.15, 0.2) is 0 Å². The topological polar surface area (TPSA) is 67.2 Å². The van der Waals surface area contributed by atoms with Gasteiger partial charge < -0.3 is 8.88 Å². The Bertz CT molecular complexity index is 174. The Kier molecular flexibility index (Phi) is 10.3. The summed E-state index contributed by atoms with van der Waals surface area (Å²) in [5.74, 6) is 0.0806. The van der Waals surface area contributed by atoms with Crippen molar-refractivity contribution in [2.24, 2.45) is 5.11 Å². The Morgan fingerprint density at radius 3 is 2.46 bits per heavy atom. The van der Waals surface area contributed by atoms with Gasteiger partial charge in [0.25, 0.3) is 0 Å². The maximum atomic E-state index is 8.13. The third-order valence-electron chi connectivity index (χ3n) is 1.27. The van der Waals surface area contributed by atoms with Gasteiger partial charge in [-0.3, -0.25) is 0 Å². The fraction of sp³-hybridized carbons (Fsp3) is 1.00. The summed E-state index contributed by atoms with van der Waals surface area (Å²) in [6.07, 6.45) is 0. The number of nitrogens with zero attached hydrogens (tertiary/aromatic N) is 3. The molecule has 0 bridgehead atoms. The highest BCUT2D eigenvalue weighted by Gasteiger charge is 2.25. The summed E-state index contributed by atoms with van der Waals surface area (Å²) < 4.78 is 10.6. The average molecular weight is 257 g/mol. The van der Waals surface area contributed by atoms with Crippen molar-refractivity contribution in [1.82, 2.24) is 0 Å². The molecule has 0 aromatic rings. The van der Waals surface area contributed by atoms with Crippen molar-refractivity contribution >= 4 is 42.0 Å². The first-order chi connectivity index (χ1) is 6.26. The van der Waals surface area contributed by atoms with E-state index in [1.54, 1.807) is 0 Å². The molecule has 0 radical (unpaired) electrons. The summed E-state index contributed by atoms with van der Waals surface area (Å²) in [6, 6.07) is 0. The second kappa shape index (κ2) is 9.57. The zero-order valence-corrected chi connectivity index (χ0v) is 11.5. The summed E-state index contributed by atoms with van der Waals surface area (Å²) in [5, 5.41) is 3.47. The summed E-state index contributed by atoms with van der Waals surface area (Å²) in [7, 11) is 5.29. The van der Waals surface area contributed by atoms with Crippen molar-refractivity contribution in [3.8, 4) is 0 Å². The minimum Gasteiger partial charge on any atom is -0.387 e. The minimum absolute atomic E-state index is 0.0806. The van der Waals surface area contributed by atoms with E-state index < -0.39 is 0 Å². The first-order valence-corrected chi connectivity index (χ1v) is 8.93. The molecule has 5 atom stereocenters. The fourth-order valence-corrected chi connectivity index (χ4v) is 2.37. The van der Waals surface area contributed by atoms with Crippen LogP contribution in [0, 0.1) is 0 Å². The molecule has 0 N–H and O–H groups in total. The molecule has 0 aromatic carbocycles. The Balaban J connectivity index is 3.92. The van der Waals surface area contributed by atoms with Crippen LogP contribution in [0.5, 0.6) is 0 Å². The lowest BCUT2D eigenvalue weighted by atomic mass is 9.74. The predicted molar refractivity (Wildman–Crippen MR) is 67.4 cm³/mol. The van der Waals surface area contributed by atoms with E-state index in [1.807, 2.05) is 6.92 Å². The molecule has 0 rings (SSSR count). The smallest absolute Gasteiger partial charge is 0.387 e. The summed E-state index contributed by atoms with van der Waals surface area (Å²) in [4.78, 5) is 2.69. The van der Waals surface area contributed by atoms with E-state index in [2.05, 4.69) is 27.9 Å². The minimum atomic E-state index is -0.280. The first-order valence-electron chi connectivity index (χ1n) is 3.49. The maximum absolute atomic E-state index is 8.13. The van der Waals surface area contributed by atoms with E-state index in [9.17, 15) is 0 Å². The molecule has 0 aliphatic carbocycles. The van der Waals surface area contributed by atoms with Gasteiger partial charge in [0.1, 0.15) is 0 Å². The highest BCUT2D eigenvalue weighted by atomic mass is 32.0. The number of hydrogen-bond acceptors (Lipinski definition) is 3. The molecule has 13 heavy (non-hydrogen) atoms. The van der Waals surface area contributed by atoms with Gasteiger partial charge >= 0.3 is 7.12 Å². The zero-order chi connectivity index (χ0) is 10.1. The average Bonchev–Trinajstić information content (AvgIpc) is 2.14. The highest BCUT2D eigenvalue weighted by Crippen LogP contribution is 2.33. The second-order valence-corrected chi connectivity index (χ2v) is 4.59. The number of hydrogen-bond donors (Lipinski definition) is 0. The van der Waals surface area contributed by atoms with E-state index in [0.29, 0.717) is 23.5 Å². The molecule has 0 amide bonds. The van der Waals surface area contributed by atoms with Crippen LogP contribution in [0.15, 0.2) is 5.11 Å². The highest BCUT2D eigenvalue weighted by molar-refractivity contribution is 8.01. The van der Waals surface area contributed by atoms with Crippen LogP contribution in [0.3, 0.4) is 0 Å². The standard InChI is InChI=1S/C3H12BN3O2P4/c1-3(2-6-7-5)4(8-12-10)9-13-11/h3,12-13H,2,10-11H2,1H3. The third kappa shape index (κ3) is 7.00. The number of rotatable bonds is 7. The molecule has 0 saturated carbocycles. The summed E-state index contributed by atoms with van der Waals surface area (Å²) in [6.45, 7) is 2.32. The molecular formula is C3H12BN3O2P4. The molecule has 0 aromatic heterocycles. The van der Waals surface area contributed by atoms with Crippen LogP contribution in [0.4, 0.5) is 0 Å². The van der Waals surface area contributed by atoms with Crippen molar-refractivity contribution in [2.75, 3.05) is 6.54 Å². The van der Waals surface area contributed by atoms with Crippen LogP contribution in [0.1, 0.15) is 6.92 Å². The van der Waals surface area contributed by atoms with Gasteiger partial charge in [0, 0.05) is 28.4 Å². The van der Waals surface area contributed by atoms with E-state index in [1.165, 1.54) is 0 Å². The molecular weight excluding hydrogens is 245 g/mol. The van der Waals surface area contributed by atoms with Gasteiger partial charge in [0.2, 0.25) is 0 Å². The molecule has 5 nitrogen and oxygen atoms in total. The third-order valence-corrected chi connectivity index (χ3v) is 2.82. The molecule has 0 saturated heterocycles. The number of azide groups is 1. The molecule has 0 aliphatic rings. The predicted octanol–water partition coefficient (Wildman–Crippen LogP) is 2.98. The van der Waals surface area contributed by atoms with Crippen LogP contribution in [-0.2, 0) is 8.88 Å². The van der Waals surface area contributed by atoms with Crippen LogP contribution < -0.4 is 0 Å². The van der Waals surface area contributed by atoms with E-state index in [-0.39, 0.29) is 12.9 Å². The monoisotopic (exact) mass is 257 g/mol. The largest absolute Gasteiger partial charge is 0.466 e. The second-order valence-electron chi connectivity index (χ2n) is 2.23. The Hall–Kier alpha value is 1.01. The molecule has 10 heteroatoms. The van der Waals surface area contributed by atoms with E-state index in [4.69, 9.17) is 14.4 Å². The lowest BCUT2D eigenvalue weighted by molar-refractivity contribution is 0.473. The first kappa shape index (κ1) is 14.0. The fourth-order valence-electron chi connectivity index (χ4n) is 0.642. The van der Waals surface area contributed by atoms with Crippen molar-refractivity contribution in [3.05, 3.63) is 10.4 Å². The van der Waals surface area contributed by atoms with E-state index in [0.717, 1.165) is 0 Å². The Morgan fingerprint density at radius 1 is 1.54 bits per heavy atom. The van der Waals surface area contributed by atoms with Crippen molar-refractivity contribution < 1.29 is 8.88 Å².